The topological polar surface area (TPSA) is 28.7 Å². The Bertz CT molecular complexity index is 669. The fraction of sp³-hybridized carbons (Fsp3) is 0.231. The van der Waals surface area contributed by atoms with E-state index in [9.17, 15) is 4.39 Å². The zero-order valence-corrected chi connectivity index (χ0v) is 12.4. The number of fused-ring (bicyclic) bond motifs is 1. The van der Waals surface area contributed by atoms with Gasteiger partial charge < -0.3 is 4.98 Å². The first-order valence-electron chi connectivity index (χ1n) is 5.80. The van der Waals surface area contributed by atoms with Crippen LogP contribution >= 0.6 is 35.7 Å². The van der Waals surface area contributed by atoms with Crippen LogP contribution in [0.25, 0.3) is 0 Å². The second-order valence-electron chi connectivity index (χ2n) is 4.16. The van der Waals surface area contributed by atoms with Crippen LogP contribution in [-0.4, -0.2) is 9.97 Å². The summed E-state index contributed by atoms with van der Waals surface area (Å²) >= 11 is 8.57. The van der Waals surface area contributed by atoms with Crippen molar-refractivity contribution in [3.63, 3.8) is 0 Å². The number of hydrogen-bond acceptors (Lipinski definition) is 4. The van der Waals surface area contributed by atoms with Crippen molar-refractivity contribution >= 4 is 35.7 Å². The van der Waals surface area contributed by atoms with Crippen molar-refractivity contribution in [2.75, 3.05) is 0 Å². The maximum Gasteiger partial charge on any atom is 0.136 e. The van der Waals surface area contributed by atoms with E-state index >= 15 is 0 Å². The van der Waals surface area contributed by atoms with E-state index in [2.05, 4.69) is 9.97 Å². The fourth-order valence-electron chi connectivity index (χ4n) is 1.90. The summed E-state index contributed by atoms with van der Waals surface area (Å²) in [7, 11) is 0. The molecule has 0 bridgehead atoms. The molecular formula is C13H11FN2S3. The van der Waals surface area contributed by atoms with Crippen molar-refractivity contribution in [3.8, 4) is 0 Å². The Labute approximate surface area is 124 Å². The lowest BCUT2D eigenvalue weighted by molar-refractivity contribution is 0.602. The molecule has 0 fully saturated rings. The maximum absolute atomic E-state index is 13.5. The third-order valence-corrected chi connectivity index (χ3v) is 5.23. The summed E-state index contributed by atoms with van der Waals surface area (Å²) in [6.45, 7) is 0. The molecule has 98 valence electrons. The molecule has 1 N–H and O–H groups in total. The highest BCUT2D eigenvalue weighted by atomic mass is 32.2. The van der Waals surface area contributed by atoms with Gasteiger partial charge in [-0.15, -0.1) is 11.8 Å². The van der Waals surface area contributed by atoms with E-state index in [0.717, 1.165) is 22.9 Å². The van der Waals surface area contributed by atoms with Gasteiger partial charge in [-0.3, -0.25) is 0 Å². The third kappa shape index (κ3) is 2.85. The van der Waals surface area contributed by atoms with Crippen molar-refractivity contribution in [2.45, 2.75) is 22.2 Å². The summed E-state index contributed by atoms with van der Waals surface area (Å²) in [5.74, 6) is 3.13. The molecule has 1 aliphatic rings. The largest absolute Gasteiger partial charge is 0.345 e. The summed E-state index contributed by atoms with van der Waals surface area (Å²) in [4.78, 5) is 8.34. The summed E-state index contributed by atoms with van der Waals surface area (Å²) in [6, 6.07) is 6.77. The average Bonchev–Trinajstić information content (AvgIpc) is 2.87. The van der Waals surface area contributed by atoms with Crippen LogP contribution in [0, 0.1) is 10.5 Å². The standard InChI is InChI=1S/C13H11FN2S3/c14-9-3-1-2-4-11(9)19-7-12-15-10-6-18-5-8(10)13(17)16-12/h1-4H,5-7H2,(H,15,16,17). The van der Waals surface area contributed by atoms with Crippen LogP contribution in [0.15, 0.2) is 29.2 Å². The lowest BCUT2D eigenvalue weighted by atomic mass is 10.3. The van der Waals surface area contributed by atoms with Crippen LogP contribution in [0.2, 0.25) is 0 Å². The van der Waals surface area contributed by atoms with Gasteiger partial charge in [0.1, 0.15) is 16.3 Å². The minimum Gasteiger partial charge on any atom is -0.345 e. The Morgan fingerprint density at radius 1 is 1.37 bits per heavy atom. The average molecular weight is 310 g/mol. The maximum atomic E-state index is 13.5. The minimum atomic E-state index is -0.192. The summed E-state index contributed by atoms with van der Waals surface area (Å²) in [5.41, 5.74) is 2.33. The molecule has 0 unspecified atom stereocenters. The Hall–Kier alpha value is -0.850. The normalized spacial score (nSPS) is 13.5. The first-order valence-corrected chi connectivity index (χ1v) is 8.35. The van der Waals surface area contributed by atoms with E-state index in [1.54, 1.807) is 12.1 Å². The molecule has 1 aromatic heterocycles. The second kappa shape index (κ2) is 5.64. The van der Waals surface area contributed by atoms with Crippen LogP contribution in [0.4, 0.5) is 4.39 Å². The monoisotopic (exact) mass is 310 g/mol. The first-order chi connectivity index (χ1) is 9.24. The van der Waals surface area contributed by atoms with Gasteiger partial charge in [0.2, 0.25) is 0 Å². The number of aromatic nitrogens is 2. The van der Waals surface area contributed by atoms with Crippen molar-refractivity contribution in [1.29, 1.82) is 0 Å². The van der Waals surface area contributed by atoms with Gasteiger partial charge in [-0.2, -0.15) is 11.8 Å². The SMILES string of the molecule is Fc1ccccc1SCc1nc(=S)c2c([nH]1)CSC2. The zero-order valence-electron chi connectivity index (χ0n) is 9.98. The molecule has 6 heteroatoms. The lowest BCUT2D eigenvalue weighted by Crippen LogP contribution is -1.99. The molecular weight excluding hydrogens is 299 g/mol. The minimum absolute atomic E-state index is 0.192. The number of halogens is 1. The zero-order chi connectivity index (χ0) is 13.2. The van der Waals surface area contributed by atoms with Gasteiger partial charge in [-0.25, -0.2) is 9.37 Å². The molecule has 19 heavy (non-hydrogen) atoms. The number of aromatic amines is 1. The van der Waals surface area contributed by atoms with E-state index in [4.69, 9.17) is 12.2 Å². The predicted octanol–water partition coefficient (Wildman–Crippen LogP) is 4.32. The Balaban J connectivity index is 1.80. The van der Waals surface area contributed by atoms with Crippen molar-refractivity contribution < 1.29 is 4.39 Å². The lowest BCUT2D eigenvalue weighted by Gasteiger charge is -2.05. The molecule has 1 aliphatic heterocycles. The van der Waals surface area contributed by atoms with E-state index in [1.165, 1.54) is 23.5 Å². The smallest absolute Gasteiger partial charge is 0.136 e. The molecule has 2 heterocycles. The molecule has 0 amide bonds. The highest BCUT2D eigenvalue weighted by molar-refractivity contribution is 7.98. The Morgan fingerprint density at radius 2 is 2.21 bits per heavy atom. The summed E-state index contributed by atoms with van der Waals surface area (Å²) in [5, 5.41) is 0. The number of nitrogens with one attached hydrogen (secondary N) is 1. The fourth-order valence-corrected chi connectivity index (χ4v) is 4.17. The van der Waals surface area contributed by atoms with Crippen LogP contribution in [0.3, 0.4) is 0 Å². The predicted molar refractivity (Wildman–Crippen MR) is 80.4 cm³/mol. The number of rotatable bonds is 3. The van der Waals surface area contributed by atoms with Crippen LogP contribution in [0.1, 0.15) is 17.1 Å². The van der Waals surface area contributed by atoms with Gasteiger partial charge in [0.05, 0.1) is 5.75 Å². The van der Waals surface area contributed by atoms with E-state index in [0.29, 0.717) is 15.3 Å². The number of benzene rings is 1. The summed E-state index contributed by atoms with van der Waals surface area (Å²) in [6.07, 6.45) is 0. The molecule has 0 spiro atoms. The molecule has 0 saturated heterocycles. The first kappa shape index (κ1) is 13.1. The van der Waals surface area contributed by atoms with Crippen molar-refractivity contribution in [3.05, 3.63) is 51.8 Å². The van der Waals surface area contributed by atoms with E-state index < -0.39 is 0 Å². The van der Waals surface area contributed by atoms with Crippen LogP contribution < -0.4 is 0 Å². The Kier molecular flexibility index (Phi) is 3.91. The molecule has 3 rings (SSSR count). The Morgan fingerprint density at radius 3 is 3.05 bits per heavy atom. The van der Waals surface area contributed by atoms with Crippen LogP contribution in [-0.2, 0) is 17.3 Å². The van der Waals surface area contributed by atoms with Crippen LogP contribution in [0.5, 0.6) is 0 Å². The molecule has 0 radical (unpaired) electrons. The van der Waals surface area contributed by atoms with Gasteiger partial charge in [-0.1, -0.05) is 24.4 Å². The molecule has 1 aromatic carbocycles. The molecule has 0 saturated carbocycles. The quantitative estimate of drug-likeness (QED) is 0.675. The molecule has 2 nitrogen and oxygen atoms in total. The third-order valence-electron chi connectivity index (χ3n) is 2.85. The van der Waals surface area contributed by atoms with Gasteiger partial charge in [-0.05, 0) is 12.1 Å². The van der Waals surface area contributed by atoms with Gasteiger partial charge >= 0.3 is 0 Å². The number of H-pyrrole nitrogens is 1. The highest BCUT2D eigenvalue weighted by Gasteiger charge is 2.15. The molecule has 2 aromatic rings. The molecule has 0 atom stereocenters. The molecule has 0 aliphatic carbocycles. The van der Waals surface area contributed by atoms with Gasteiger partial charge in [0, 0.05) is 27.7 Å². The number of thioether (sulfide) groups is 2. The van der Waals surface area contributed by atoms with Gasteiger partial charge in [0.15, 0.2) is 0 Å². The van der Waals surface area contributed by atoms with Gasteiger partial charge in [0.25, 0.3) is 0 Å². The van der Waals surface area contributed by atoms with Crippen molar-refractivity contribution in [2.24, 2.45) is 0 Å². The number of hydrogen-bond donors (Lipinski definition) is 1. The van der Waals surface area contributed by atoms with E-state index in [1.807, 2.05) is 17.8 Å². The number of nitrogens with zero attached hydrogens (tertiary/aromatic N) is 1. The highest BCUT2D eigenvalue weighted by Crippen LogP contribution is 2.30. The van der Waals surface area contributed by atoms with Crippen molar-refractivity contribution in [1.82, 2.24) is 9.97 Å². The second-order valence-corrected chi connectivity index (χ2v) is 6.55. The summed E-state index contributed by atoms with van der Waals surface area (Å²) < 4.78 is 14.2. The van der Waals surface area contributed by atoms with E-state index in [-0.39, 0.29) is 5.82 Å².